The summed E-state index contributed by atoms with van der Waals surface area (Å²) in [5.74, 6) is 1.71. The van der Waals surface area contributed by atoms with Crippen LogP contribution in [0, 0.1) is 11.8 Å². The van der Waals surface area contributed by atoms with Crippen molar-refractivity contribution in [1.82, 2.24) is 0 Å². The van der Waals surface area contributed by atoms with E-state index in [4.69, 9.17) is 123 Å². The Labute approximate surface area is 715 Å². The number of hydrogen-bond acceptors (Lipinski definition) is 26. The second-order valence-electron chi connectivity index (χ2n) is 25.7. The SMILES string of the molecule is C=CCc1ccccc1N(c1c(Cl)cccc1Cl)C(CC)C(=O)OCC.C=Cc1ccccc1N(c1c(Cl)cccc1Cl)C(CC)C(=O)OCC.CC(C)OC(=O)C(C(C)C)N(c1ccc2c(c1)OCO2)c1cccs1.COc1cc(OC)cc(N(c2csc3ccccc23)C(C(=O)OC(C)C)C(C)C)c1.O=C=O.O=C=O.O=C=O.O=C=O. The predicted molar refractivity (Wildman–Crippen MR) is 458 cm³/mol. The molecule has 0 spiro atoms. The quantitative estimate of drug-likeness (QED) is 0.0239. The average molecular weight is 1740 g/mol. The van der Waals surface area contributed by atoms with E-state index in [1.54, 1.807) is 93.2 Å². The molecule has 0 saturated carbocycles. The van der Waals surface area contributed by atoms with Crippen LogP contribution in [0.3, 0.4) is 0 Å². The van der Waals surface area contributed by atoms with Crippen LogP contribution in [0.25, 0.3) is 16.2 Å². The van der Waals surface area contributed by atoms with Crippen LogP contribution in [0.5, 0.6) is 23.0 Å². The number of carbonyl (C=O) groups excluding carboxylic acids is 12. The zero-order valence-electron chi connectivity index (χ0n) is 67.9. The van der Waals surface area contributed by atoms with Gasteiger partial charge in [0.2, 0.25) is 6.79 Å². The van der Waals surface area contributed by atoms with E-state index < -0.39 is 24.2 Å². The second-order valence-corrected chi connectivity index (χ2v) is 29.2. The first-order valence-electron chi connectivity index (χ1n) is 36.9. The second kappa shape index (κ2) is 53.8. The van der Waals surface area contributed by atoms with Gasteiger partial charge in [0.15, 0.2) is 11.5 Å². The Balaban J connectivity index is 0.000000389. The largest absolute Gasteiger partial charge is 0.497 e. The summed E-state index contributed by atoms with van der Waals surface area (Å²) < 4.78 is 44.9. The number of ether oxygens (including phenoxy) is 8. The molecule has 0 bridgehead atoms. The highest BCUT2D eigenvalue weighted by atomic mass is 35.5. The number of halogens is 4. The molecule has 30 heteroatoms. The molecule has 1 aliphatic rings. The summed E-state index contributed by atoms with van der Waals surface area (Å²) >= 11 is 29.1. The van der Waals surface area contributed by atoms with Crippen molar-refractivity contribution >= 4 is 179 Å². The standard InChI is InChI=1S/C24H29NO4S.C21H23Cl2NO2.C20H21Cl2NO2.C19H23NO4S.4CO2/c1-15(2)23(24(26)29-16(3)4)25(17-11-18(27-5)13-19(12-17)28-6)21-14-30-22-10-8-7-9-20(21)22;1-4-10-15-11-7-8-14-19(15)24(18(5-2)21(25)26-6-3)20-16(22)12-9-13-17(20)23;1-4-14-10-7-8-13-18(14)23(17(5-2)20(24)25-6-3)19-15(21)11-9-12-16(19)22;1-12(2)18(19(21)24-13(3)4)20(17-6-5-9-25-17)14-7-8-15-16(10-14)23-11-22-15;4*2-1-3/h7-16,23H,1-6H3;4,7-9,11-14,18H,1,5-6,10H2,2-3H3;4,7-13,17H,1,5-6H2,2-3H3;5-10,12-13,18H,11H2,1-4H3;;;;. The van der Waals surface area contributed by atoms with E-state index in [1.165, 1.54) is 0 Å². The van der Waals surface area contributed by atoms with Gasteiger partial charge in [0.1, 0.15) is 35.7 Å². The molecule has 628 valence electrons. The third kappa shape index (κ3) is 29.4. The van der Waals surface area contributed by atoms with Crippen LogP contribution in [-0.4, -0.2) is 119 Å². The number of para-hydroxylation sites is 4. The van der Waals surface area contributed by atoms with Gasteiger partial charge in [-0.1, -0.05) is 173 Å². The lowest BCUT2D eigenvalue weighted by molar-refractivity contribution is -0.193. The molecule has 0 saturated heterocycles. The van der Waals surface area contributed by atoms with Gasteiger partial charge < -0.3 is 57.5 Å². The van der Waals surface area contributed by atoms with E-state index in [0.29, 0.717) is 81.2 Å². The van der Waals surface area contributed by atoms with E-state index >= 15 is 0 Å². The lowest BCUT2D eigenvalue weighted by atomic mass is 10.00. The Morgan fingerprint density at radius 1 is 0.483 bits per heavy atom. The minimum Gasteiger partial charge on any atom is -0.497 e. The smallest absolute Gasteiger partial charge is 0.373 e. The van der Waals surface area contributed by atoms with Gasteiger partial charge in [-0.25, -0.2) is 19.2 Å². The Morgan fingerprint density at radius 3 is 1.37 bits per heavy atom. The number of anilines is 8. The van der Waals surface area contributed by atoms with Crippen molar-refractivity contribution in [3.8, 4) is 23.0 Å². The lowest BCUT2D eigenvalue weighted by Crippen LogP contribution is -2.44. The van der Waals surface area contributed by atoms with Crippen molar-refractivity contribution < 1.29 is 95.4 Å². The van der Waals surface area contributed by atoms with Gasteiger partial charge in [-0.15, -0.1) is 29.3 Å². The molecular formula is C88H96Cl4N4O20S2. The minimum atomic E-state index is -0.557. The fourth-order valence-electron chi connectivity index (χ4n) is 12.0. The summed E-state index contributed by atoms with van der Waals surface area (Å²) in [4.78, 5) is 124. The summed E-state index contributed by atoms with van der Waals surface area (Å²) in [6.45, 7) is 31.6. The maximum Gasteiger partial charge on any atom is 0.373 e. The number of esters is 4. The highest BCUT2D eigenvalue weighted by Gasteiger charge is 2.38. The van der Waals surface area contributed by atoms with Gasteiger partial charge in [-0.2, -0.15) is 38.4 Å². The van der Waals surface area contributed by atoms with E-state index in [2.05, 4.69) is 35.6 Å². The Morgan fingerprint density at radius 2 is 0.932 bits per heavy atom. The van der Waals surface area contributed by atoms with Crippen molar-refractivity contribution in [3.05, 3.63) is 219 Å². The summed E-state index contributed by atoms with van der Waals surface area (Å²) in [6.07, 6.45) is 5.96. The Hall–Kier alpha value is -11.4. The number of methoxy groups -OCH3 is 2. The first kappa shape index (κ1) is 101. The molecule has 0 fully saturated rings. The summed E-state index contributed by atoms with van der Waals surface area (Å²) in [5, 5.41) is 8.06. The molecule has 0 aliphatic carbocycles. The number of hydrogen-bond donors (Lipinski definition) is 0. The highest BCUT2D eigenvalue weighted by molar-refractivity contribution is 7.17. The molecule has 0 radical (unpaired) electrons. The molecule has 0 amide bonds. The van der Waals surface area contributed by atoms with Gasteiger partial charge in [-0.05, 0) is 156 Å². The van der Waals surface area contributed by atoms with Crippen LogP contribution >= 0.6 is 69.1 Å². The van der Waals surface area contributed by atoms with Gasteiger partial charge in [0.05, 0.1) is 81.8 Å². The summed E-state index contributed by atoms with van der Waals surface area (Å²) in [6, 6.07) is 47.7. The summed E-state index contributed by atoms with van der Waals surface area (Å²) in [7, 11) is 3.24. The predicted octanol–water partition coefficient (Wildman–Crippen LogP) is 20.6. The van der Waals surface area contributed by atoms with Crippen molar-refractivity contribution in [2.75, 3.05) is 53.8 Å². The van der Waals surface area contributed by atoms with Crippen LogP contribution in [0.15, 0.2) is 188 Å². The fourth-order valence-corrected chi connectivity index (χ4v) is 14.9. The topological polar surface area (TPSA) is 292 Å². The van der Waals surface area contributed by atoms with Gasteiger partial charge in [0.25, 0.3) is 0 Å². The third-order valence-corrected chi connectivity index (χ3v) is 19.7. The molecule has 4 unspecified atom stereocenters. The molecular weight excluding hydrogens is 1640 g/mol. The molecule has 9 aromatic rings. The first-order valence-corrected chi connectivity index (χ1v) is 40.1. The molecule has 118 heavy (non-hydrogen) atoms. The van der Waals surface area contributed by atoms with Gasteiger partial charge in [0, 0.05) is 62.5 Å². The normalized spacial score (nSPS) is 11.4. The lowest BCUT2D eigenvalue weighted by Gasteiger charge is -2.35. The molecule has 4 atom stereocenters. The number of thiophene rings is 2. The fraction of sp³-hybridized carbons (Fsp3) is 0.318. The first-order chi connectivity index (χ1) is 56.6. The summed E-state index contributed by atoms with van der Waals surface area (Å²) in [5.41, 5.74) is 7.41. The molecule has 0 N–H and O–H groups in total. The molecule has 1 aliphatic heterocycles. The highest BCUT2D eigenvalue weighted by Crippen LogP contribution is 2.47. The Bertz CT molecular complexity index is 4710. The third-order valence-electron chi connectivity index (χ3n) is 16.6. The average Bonchev–Trinajstić information content (AvgIpc) is 1.36. The monoisotopic (exact) mass is 1730 g/mol. The number of rotatable bonds is 29. The van der Waals surface area contributed by atoms with E-state index in [9.17, 15) is 19.2 Å². The zero-order chi connectivity index (χ0) is 88.1. The maximum atomic E-state index is 13.2. The maximum absolute atomic E-state index is 13.2. The van der Waals surface area contributed by atoms with E-state index in [-0.39, 0.29) is 79.3 Å². The van der Waals surface area contributed by atoms with E-state index in [1.807, 2.05) is 205 Å². The van der Waals surface area contributed by atoms with Crippen molar-refractivity contribution in [1.29, 1.82) is 0 Å². The number of nitrogens with zero attached hydrogens (tertiary/aromatic N) is 4. The molecule has 10 rings (SSSR count). The van der Waals surface area contributed by atoms with Crippen LogP contribution < -0.4 is 38.5 Å². The van der Waals surface area contributed by atoms with Crippen LogP contribution in [-0.2, 0) is 82.9 Å². The minimum absolute atomic E-state index is 0.00658. The van der Waals surface area contributed by atoms with Gasteiger partial charge in [-0.3, -0.25) is 0 Å². The van der Waals surface area contributed by atoms with Crippen molar-refractivity contribution in [3.63, 3.8) is 0 Å². The number of benzene rings is 7. The number of carbonyl (C=O) groups is 4. The zero-order valence-corrected chi connectivity index (χ0v) is 72.5. The number of allylic oxidation sites excluding steroid dienone is 1. The van der Waals surface area contributed by atoms with Crippen molar-refractivity contribution in [2.45, 2.75) is 139 Å². The molecule has 24 nitrogen and oxygen atoms in total. The Kier molecular flexibility index (Phi) is 46.0. The van der Waals surface area contributed by atoms with Crippen molar-refractivity contribution in [2.24, 2.45) is 11.8 Å². The number of fused-ring (bicyclic) bond motifs is 2. The molecule has 3 heterocycles. The molecule has 7 aromatic carbocycles. The van der Waals surface area contributed by atoms with Gasteiger partial charge >= 0.3 is 48.5 Å². The van der Waals surface area contributed by atoms with Crippen LogP contribution in [0.1, 0.15) is 107 Å². The van der Waals surface area contributed by atoms with Crippen LogP contribution in [0.2, 0.25) is 20.1 Å². The molecule has 2 aromatic heterocycles. The van der Waals surface area contributed by atoms with Crippen LogP contribution in [0.4, 0.5) is 44.8 Å². The van der Waals surface area contributed by atoms with E-state index in [0.717, 1.165) is 60.4 Å².